The van der Waals surface area contributed by atoms with E-state index in [4.69, 9.17) is 5.73 Å². The van der Waals surface area contributed by atoms with Gasteiger partial charge in [0, 0.05) is 12.5 Å². The van der Waals surface area contributed by atoms with E-state index in [9.17, 15) is 14.7 Å². The van der Waals surface area contributed by atoms with Crippen LogP contribution in [0.25, 0.3) is 10.8 Å². The van der Waals surface area contributed by atoms with Crippen molar-refractivity contribution < 1.29 is 14.7 Å². The Hall–Kier alpha value is -2.20. The van der Waals surface area contributed by atoms with Gasteiger partial charge in [-0.1, -0.05) is 49.4 Å². The second-order valence-corrected chi connectivity index (χ2v) is 5.42. The molecular formula is C17H19NO3. The highest BCUT2D eigenvalue weighted by molar-refractivity contribution is 5.97. The fraction of sp³-hybridized carbons (Fsp3) is 0.294. The molecule has 2 aromatic carbocycles. The number of aliphatic hydroxyl groups is 1. The van der Waals surface area contributed by atoms with Crippen LogP contribution in [0.2, 0.25) is 0 Å². The van der Waals surface area contributed by atoms with Gasteiger partial charge in [0.25, 0.3) is 0 Å². The van der Waals surface area contributed by atoms with Crippen LogP contribution in [0, 0.1) is 11.3 Å². The van der Waals surface area contributed by atoms with Crippen molar-refractivity contribution in [1.29, 1.82) is 0 Å². The number of carbonyl (C=O) groups is 2. The smallest absolute Gasteiger partial charge is 0.231 e. The molecule has 2 rings (SSSR count). The third kappa shape index (κ3) is 2.67. The molecule has 0 fully saturated rings. The summed E-state index contributed by atoms with van der Waals surface area (Å²) in [5.41, 5.74) is 4.95. The third-order valence-electron chi connectivity index (χ3n) is 4.19. The highest BCUT2D eigenvalue weighted by Gasteiger charge is 2.42. The summed E-state index contributed by atoms with van der Waals surface area (Å²) in [5.74, 6) is -1.24. The van der Waals surface area contributed by atoms with Gasteiger partial charge in [-0.3, -0.25) is 4.79 Å². The number of aldehydes is 1. The molecule has 2 atom stereocenters. The Labute approximate surface area is 123 Å². The van der Waals surface area contributed by atoms with Crippen LogP contribution in [0.3, 0.4) is 0 Å². The molecule has 0 aliphatic carbocycles. The predicted octanol–water partition coefficient (Wildman–Crippen LogP) is 1.68. The SMILES string of the molecule is CC(CO)C(C=O)(Cc1cccc2ccccc12)C(N)=O. The number of rotatable bonds is 6. The highest BCUT2D eigenvalue weighted by atomic mass is 16.3. The number of primary amides is 1. The van der Waals surface area contributed by atoms with Gasteiger partial charge in [0.05, 0.1) is 0 Å². The van der Waals surface area contributed by atoms with Crippen molar-refractivity contribution in [3.05, 3.63) is 48.0 Å². The van der Waals surface area contributed by atoms with Crippen LogP contribution in [0.4, 0.5) is 0 Å². The molecule has 0 saturated heterocycles. The van der Waals surface area contributed by atoms with Crippen molar-refractivity contribution in [2.24, 2.45) is 17.1 Å². The summed E-state index contributed by atoms with van der Waals surface area (Å²) >= 11 is 0. The first-order valence-electron chi connectivity index (χ1n) is 6.89. The molecule has 110 valence electrons. The minimum atomic E-state index is -1.39. The summed E-state index contributed by atoms with van der Waals surface area (Å²) in [6.07, 6.45) is 0.771. The van der Waals surface area contributed by atoms with Crippen molar-refractivity contribution in [2.45, 2.75) is 13.3 Å². The molecule has 0 aromatic heterocycles. The van der Waals surface area contributed by atoms with E-state index >= 15 is 0 Å². The number of amides is 1. The Balaban J connectivity index is 2.54. The first-order chi connectivity index (χ1) is 10.0. The zero-order valence-electron chi connectivity index (χ0n) is 12.0. The average Bonchev–Trinajstić information content (AvgIpc) is 2.51. The standard InChI is InChI=1S/C17H19NO3/c1-12(10-19)17(11-20,16(18)21)9-14-7-4-6-13-5-2-3-8-15(13)14/h2-8,11-12,19H,9-10H2,1H3,(H2,18,21). The molecule has 0 spiro atoms. The summed E-state index contributed by atoms with van der Waals surface area (Å²) in [6.45, 7) is 1.39. The maximum Gasteiger partial charge on any atom is 0.231 e. The summed E-state index contributed by atoms with van der Waals surface area (Å²) in [4.78, 5) is 23.5. The van der Waals surface area contributed by atoms with Crippen molar-refractivity contribution in [3.8, 4) is 0 Å². The summed E-state index contributed by atoms with van der Waals surface area (Å²) < 4.78 is 0. The Bertz CT molecular complexity index is 663. The molecule has 1 amide bonds. The van der Waals surface area contributed by atoms with Crippen molar-refractivity contribution in [3.63, 3.8) is 0 Å². The van der Waals surface area contributed by atoms with Crippen molar-refractivity contribution >= 4 is 23.0 Å². The maximum atomic E-state index is 11.9. The molecule has 3 N–H and O–H groups in total. The summed E-state index contributed by atoms with van der Waals surface area (Å²) in [6, 6.07) is 13.5. The Morgan fingerprint density at radius 1 is 1.29 bits per heavy atom. The van der Waals surface area contributed by atoms with Gasteiger partial charge >= 0.3 is 0 Å². The number of aliphatic hydroxyl groups excluding tert-OH is 1. The van der Waals surface area contributed by atoms with Crippen LogP contribution in [-0.4, -0.2) is 23.9 Å². The van der Waals surface area contributed by atoms with Gasteiger partial charge in [0.1, 0.15) is 11.7 Å². The predicted molar refractivity (Wildman–Crippen MR) is 81.6 cm³/mol. The number of fused-ring (bicyclic) bond motifs is 1. The van der Waals surface area contributed by atoms with E-state index in [1.807, 2.05) is 42.5 Å². The lowest BCUT2D eigenvalue weighted by molar-refractivity contribution is -0.138. The van der Waals surface area contributed by atoms with E-state index in [2.05, 4.69) is 0 Å². The van der Waals surface area contributed by atoms with Crippen LogP contribution < -0.4 is 5.73 Å². The van der Waals surface area contributed by atoms with Crippen molar-refractivity contribution in [2.75, 3.05) is 6.61 Å². The topological polar surface area (TPSA) is 80.4 Å². The largest absolute Gasteiger partial charge is 0.396 e. The highest BCUT2D eigenvalue weighted by Crippen LogP contribution is 2.32. The normalized spacial score (nSPS) is 15.3. The van der Waals surface area contributed by atoms with Gasteiger partial charge in [-0.25, -0.2) is 0 Å². The number of nitrogens with two attached hydrogens (primary N) is 1. The van der Waals surface area contributed by atoms with E-state index in [-0.39, 0.29) is 13.0 Å². The van der Waals surface area contributed by atoms with Gasteiger partial charge in [-0.2, -0.15) is 0 Å². The lowest BCUT2D eigenvalue weighted by atomic mass is 9.72. The molecule has 0 bridgehead atoms. The van der Waals surface area contributed by atoms with Crippen LogP contribution >= 0.6 is 0 Å². The molecule has 0 aliphatic rings. The first-order valence-corrected chi connectivity index (χ1v) is 6.89. The molecule has 0 aliphatic heterocycles. The van der Waals surface area contributed by atoms with Crippen LogP contribution in [0.15, 0.2) is 42.5 Å². The van der Waals surface area contributed by atoms with E-state index in [1.54, 1.807) is 6.92 Å². The number of hydrogen-bond acceptors (Lipinski definition) is 3. The maximum absolute atomic E-state index is 11.9. The van der Waals surface area contributed by atoms with Gasteiger partial charge in [-0.15, -0.1) is 0 Å². The van der Waals surface area contributed by atoms with Crippen LogP contribution in [0.1, 0.15) is 12.5 Å². The van der Waals surface area contributed by atoms with Gasteiger partial charge in [0.15, 0.2) is 0 Å². The molecule has 4 heteroatoms. The zero-order valence-corrected chi connectivity index (χ0v) is 12.0. The van der Waals surface area contributed by atoms with Gasteiger partial charge in [0.2, 0.25) is 5.91 Å². The Kier molecular flexibility index (Phi) is 4.38. The molecule has 0 saturated carbocycles. The average molecular weight is 285 g/mol. The summed E-state index contributed by atoms with van der Waals surface area (Å²) in [7, 11) is 0. The number of hydrogen-bond donors (Lipinski definition) is 2. The first kappa shape index (κ1) is 15.2. The third-order valence-corrected chi connectivity index (χ3v) is 4.19. The quantitative estimate of drug-likeness (QED) is 0.626. The monoisotopic (exact) mass is 285 g/mol. The fourth-order valence-corrected chi connectivity index (χ4v) is 2.64. The molecule has 4 nitrogen and oxygen atoms in total. The zero-order chi connectivity index (χ0) is 15.5. The van der Waals surface area contributed by atoms with Crippen molar-refractivity contribution in [1.82, 2.24) is 0 Å². The minimum Gasteiger partial charge on any atom is -0.396 e. The van der Waals surface area contributed by atoms with Crippen LogP contribution in [0.5, 0.6) is 0 Å². The number of carbonyl (C=O) groups excluding carboxylic acids is 2. The Morgan fingerprint density at radius 3 is 2.57 bits per heavy atom. The van der Waals surface area contributed by atoms with E-state index in [0.717, 1.165) is 16.3 Å². The fourth-order valence-electron chi connectivity index (χ4n) is 2.64. The molecular weight excluding hydrogens is 266 g/mol. The molecule has 0 radical (unpaired) electrons. The van der Waals surface area contributed by atoms with E-state index < -0.39 is 17.2 Å². The Morgan fingerprint density at radius 2 is 1.95 bits per heavy atom. The van der Waals surface area contributed by atoms with E-state index in [0.29, 0.717) is 6.29 Å². The summed E-state index contributed by atoms with van der Waals surface area (Å²) in [5, 5.41) is 11.4. The van der Waals surface area contributed by atoms with Gasteiger partial charge in [-0.05, 0) is 22.8 Å². The molecule has 0 heterocycles. The lowest BCUT2D eigenvalue weighted by Gasteiger charge is -2.30. The molecule has 2 unspecified atom stereocenters. The lowest BCUT2D eigenvalue weighted by Crippen LogP contribution is -2.46. The van der Waals surface area contributed by atoms with E-state index in [1.165, 1.54) is 0 Å². The van der Waals surface area contributed by atoms with Crippen LogP contribution in [-0.2, 0) is 16.0 Å². The second kappa shape index (κ2) is 6.06. The number of benzene rings is 2. The molecule has 21 heavy (non-hydrogen) atoms. The minimum absolute atomic E-state index is 0.189. The molecule has 2 aromatic rings. The second-order valence-electron chi connectivity index (χ2n) is 5.42. The van der Waals surface area contributed by atoms with Gasteiger partial charge < -0.3 is 15.6 Å².